The molecule has 0 bridgehead atoms. The molecule has 0 aromatic heterocycles. The number of rotatable bonds is 4. The van der Waals surface area contributed by atoms with Crippen molar-refractivity contribution in [2.75, 3.05) is 6.61 Å². The summed E-state index contributed by atoms with van der Waals surface area (Å²) in [4.78, 5) is 11.0. The van der Waals surface area contributed by atoms with Gasteiger partial charge in [-0.2, -0.15) is 0 Å². The first-order valence-corrected chi connectivity index (χ1v) is 6.79. The summed E-state index contributed by atoms with van der Waals surface area (Å²) in [6.07, 6.45) is 1.78. The Morgan fingerprint density at radius 3 is 2.95 bits per heavy atom. The number of ether oxygens (including phenoxy) is 2. The van der Waals surface area contributed by atoms with Gasteiger partial charge in [0.15, 0.2) is 0 Å². The number of hydrogen-bond acceptors (Lipinski definition) is 3. The van der Waals surface area contributed by atoms with Gasteiger partial charge >= 0.3 is 5.97 Å². The number of aliphatic carboxylic acids is 1. The zero-order valence-electron chi connectivity index (χ0n) is 11.2. The number of benzene rings is 1. The normalized spacial score (nSPS) is 27.6. The fraction of sp³-hybridized carbons (Fsp3) is 0.533. The molecule has 0 spiro atoms. The van der Waals surface area contributed by atoms with E-state index in [1.807, 2.05) is 26.0 Å². The molecule has 1 aliphatic carbocycles. The van der Waals surface area contributed by atoms with E-state index in [2.05, 4.69) is 0 Å². The van der Waals surface area contributed by atoms with Crippen LogP contribution in [-0.2, 0) is 11.2 Å². The van der Waals surface area contributed by atoms with Crippen molar-refractivity contribution in [3.8, 4) is 11.5 Å². The Balaban J connectivity index is 1.94. The van der Waals surface area contributed by atoms with Crippen LogP contribution in [0.5, 0.6) is 11.5 Å². The summed E-state index contributed by atoms with van der Waals surface area (Å²) in [7, 11) is 0. The average molecular weight is 262 g/mol. The lowest BCUT2D eigenvalue weighted by Gasteiger charge is -2.12. The van der Waals surface area contributed by atoms with Crippen LogP contribution >= 0.6 is 0 Å². The Hall–Kier alpha value is -1.71. The molecule has 1 saturated carbocycles. The third-order valence-corrected chi connectivity index (χ3v) is 3.84. The first kappa shape index (κ1) is 12.3. The Morgan fingerprint density at radius 2 is 2.32 bits per heavy atom. The summed E-state index contributed by atoms with van der Waals surface area (Å²) in [5.41, 5.74) is 2.15. The highest BCUT2D eigenvalue weighted by Crippen LogP contribution is 2.52. The quantitative estimate of drug-likeness (QED) is 0.906. The molecule has 1 heterocycles. The molecule has 0 unspecified atom stereocenters. The monoisotopic (exact) mass is 262 g/mol. The van der Waals surface area contributed by atoms with Crippen molar-refractivity contribution in [2.24, 2.45) is 5.92 Å². The summed E-state index contributed by atoms with van der Waals surface area (Å²) in [6.45, 7) is 4.57. The molecule has 102 valence electrons. The largest absolute Gasteiger partial charge is 0.494 e. The molecule has 0 amide bonds. The molecule has 0 radical (unpaired) electrons. The van der Waals surface area contributed by atoms with Crippen molar-refractivity contribution in [1.82, 2.24) is 0 Å². The Kier molecular flexibility index (Phi) is 2.88. The van der Waals surface area contributed by atoms with E-state index in [0.29, 0.717) is 13.0 Å². The molecular formula is C15H18O4. The van der Waals surface area contributed by atoms with Crippen molar-refractivity contribution in [2.45, 2.75) is 38.7 Å². The lowest BCUT2D eigenvalue weighted by molar-refractivity contribution is -0.138. The van der Waals surface area contributed by atoms with Crippen molar-refractivity contribution in [3.05, 3.63) is 23.3 Å². The first-order valence-electron chi connectivity index (χ1n) is 6.79. The zero-order valence-corrected chi connectivity index (χ0v) is 11.2. The van der Waals surface area contributed by atoms with Crippen LogP contribution in [0.1, 0.15) is 37.3 Å². The smallest absolute Gasteiger partial charge is 0.307 e. The van der Waals surface area contributed by atoms with Gasteiger partial charge in [0, 0.05) is 23.5 Å². The lowest BCUT2D eigenvalue weighted by Crippen LogP contribution is -2.05. The molecule has 1 N–H and O–H groups in total. The van der Waals surface area contributed by atoms with Crippen molar-refractivity contribution in [3.63, 3.8) is 0 Å². The molecule has 1 fully saturated rings. The Morgan fingerprint density at radius 1 is 1.53 bits per heavy atom. The summed E-state index contributed by atoms with van der Waals surface area (Å²) in [5.74, 6) is 0.803. The zero-order chi connectivity index (χ0) is 13.6. The first-order chi connectivity index (χ1) is 9.10. The summed E-state index contributed by atoms with van der Waals surface area (Å²) in [5, 5.41) is 9.07. The van der Waals surface area contributed by atoms with E-state index < -0.39 is 5.97 Å². The van der Waals surface area contributed by atoms with Gasteiger partial charge in [-0.3, -0.25) is 4.79 Å². The minimum Gasteiger partial charge on any atom is -0.494 e. The molecule has 4 heteroatoms. The second-order valence-electron chi connectivity index (χ2n) is 5.35. The Labute approximate surface area is 112 Å². The third kappa shape index (κ3) is 2.15. The van der Waals surface area contributed by atoms with Crippen molar-refractivity contribution >= 4 is 5.97 Å². The Bertz CT molecular complexity index is 523. The number of fused-ring (bicyclic) bond motifs is 1. The van der Waals surface area contributed by atoms with Crippen molar-refractivity contribution in [1.29, 1.82) is 0 Å². The average Bonchev–Trinajstić information content (AvgIpc) is 3.05. The van der Waals surface area contributed by atoms with Crippen LogP contribution in [0.3, 0.4) is 0 Å². The van der Waals surface area contributed by atoms with Gasteiger partial charge < -0.3 is 14.6 Å². The minimum absolute atomic E-state index is 0.0730. The summed E-state index contributed by atoms with van der Waals surface area (Å²) < 4.78 is 11.4. The number of hydrogen-bond donors (Lipinski definition) is 1. The molecule has 3 rings (SSSR count). The van der Waals surface area contributed by atoms with Crippen LogP contribution < -0.4 is 9.47 Å². The topological polar surface area (TPSA) is 55.8 Å². The van der Waals surface area contributed by atoms with E-state index in [4.69, 9.17) is 14.6 Å². The van der Waals surface area contributed by atoms with Gasteiger partial charge in [-0.05, 0) is 32.4 Å². The second-order valence-corrected chi connectivity index (χ2v) is 5.35. The predicted molar refractivity (Wildman–Crippen MR) is 69.9 cm³/mol. The molecule has 4 nitrogen and oxygen atoms in total. The van der Waals surface area contributed by atoms with Gasteiger partial charge in [-0.25, -0.2) is 0 Å². The SMILES string of the molecule is CCOc1cc2c(cc1[C@H]1C[C@@H]1C(=O)O)O[C@@H](C)C2. The number of carboxylic acids is 1. The van der Waals surface area contributed by atoms with Crippen molar-refractivity contribution < 1.29 is 19.4 Å². The van der Waals surface area contributed by atoms with E-state index in [-0.39, 0.29) is 17.9 Å². The standard InChI is InChI=1S/C15H18O4/c1-3-18-14-5-9-4-8(2)19-13(9)7-11(14)10-6-12(10)15(16)17/h5,7-8,10,12H,3-4,6H2,1-2H3,(H,16,17)/t8-,10+,12-/m0/s1. The molecule has 3 atom stereocenters. The number of carbonyl (C=O) groups is 1. The maximum Gasteiger partial charge on any atom is 0.307 e. The van der Waals surface area contributed by atoms with Gasteiger partial charge in [0.05, 0.1) is 12.5 Å². The maximum atomic E-state index is 11.0. The summed E-state index contributed by atoms with van der Waals surface area (Å²) in [6, 6.07) is 4.01. The van der Waals surface area contributed by atoms with E-state index in [1.165, 1.54) is 0 Å². The predicted octanol–water partition coefficient (Wildman–Crippen LogP) is 2.60. The van der Waals surface area contributed by atoms with Gasteiger partial charge in [-0.15, -0.1) is 0 Å². The van der Waals surface area contributed by atoms with Crippen LogP contribution in [0.4, 0.5) is 0 Å². The van der Waals surface area contributed by atoms with E-state index in [9.17, 15) is 4.79 Å². The second kappa shape index (κ2) is 4.44. The highest BCUT2D eigenvalue weighted by atomic mass is 16.5. The highest BCUT2D eigenvalue weighted by Gasteiger charge is 2.46. The molecule has 1 aliphatic heterocycles. The fourth-order valence-electron chi connectivity index (χ4n) is 2.84. The van der Waals surface area contributed by atoms with Gasteiger partial charge in [0.2, 0.25) is 0 Å². The fourth-order valence-corrected chi connectivity index (χ4v) is 2.84. The molecule has 2 aliphatic rings. The molecule has 1 aromatic rings. The molecule has 19 heavy (non-hydrogen) atoms. The van der Waals surface area contributed by atoms with Gasteiger partial charge in [0.25, 0.3) is 0 Å². The van der Waals surface area contributed by atoms with E-state index >= 15 is 0 Å². The molecule has 1 aromatic carbocycles. The van der Waals surface area contributed by atoms with Crippen LogP contribution in [-0.4, -0.2) is 23.8 Å². The summed E-state index contributed by atoms with van der Waals surface area (Å²) >= 11 is 0. The molecular weight excluding hydrogens is 244 g/mol. The van der Waals surface area contributed by atoms with Gasteiger partial charge in [-0.1, -0.05) is 0 Å². The lowest BCUT2D eigenvalue weighted by atomic mass is 10.0. The van der Waals surface area contributed by atoms with E-state index in [0.717, 1.165) is 29.0 Å². The van der Waals surface area contributed by atoms with Crippen LogP contribution in [0.2, 0.25) is 0 Å². The third-order valence-electron chi connectivity index (χ3n) is 3.84. The van der Waals surface area contributed by atoms with Crippen LogP contribution in [0.15, 0.2) is 12.1 Å². The highest BCUT2D eigenvalue weighted by molar-refractivity contribution is 5.76. The minimum atomic E-state index is -0.720. The van der Waals surface area contributed by atoms with Crippen LogP contribution in [0, 0.1) is 5.92 Å². The van der Waals surface area contributed by atoms with Gasteiger partial charge in [0.1, 0.15) is 17.6 Å². The number of carboxylic acid groups (broad SMARTS) is 1. The maximum absolute atomic E-state index is 11.0. The van der Waals surface area contributed by atoms with E-state index in [1.54, 1.807) is 0 Å². The molecule has 0 saturated heterocycles. The van der Waals surface area contributed by atoms with Crippen LogP contribution in [0.25, 0.3) is 0 Å².